The number of ether oxygens (including phenoxy) is 1. The Bertz CT molecular complexity index is 400. The van der Waals surface area contributed by atoms with Crippen molar-refractivity contribution in [1.82, 2.24) is 0 Å². The van der Waals surface area contributed by atoms with Gasteiger partial charge in [-0.05, 0) is 0 Å². The molecule has 0 amide bonds. The third kappa shape index (κ3) is 4.70. The topological polar surface area (TPSA) is 66.8 Å². The van der Waals surface area contributed by atoms with E-state index in [0.29, 0.717) is 0 Å². The second kappa shape index (κ2) is 7.76. The zero-order valence-electron chi connectivity index (χ0n) is 11.1. The van der Waals surface area contributed by atoms with Crippen LogP contribution in [0.15, 0.2) is 24.0 Å². The van der Waals surface area contributed by atoms with Crippen molar-refractivity contribution >= 4 is 9.87 Å². The van der Waals surface area contributed by atoms with Gasteiger partial charge in [-0.15, -0.1) is 0 Å². The van der Waals surface area contributed by atoms with Gasteiger partial charge in [0.05, 0.1) is 0 Å². The normalized spacial score (nSPS) is 23.8. The van der Waals surface area contributed by atoms with Crippen LogP contribution >= 0.6 is 0 Å². The first kappa shape index (κ1) is 16.3. The molecule has 2 N–H and O–H groups in total. The molecule has 1 fully saturated rings. The van der Waals surface area contributed by atoms with E-state index in [4.69, 9.17) is 4.74 Å². The third-order valence-electron chi connectivity index (χ3n) is 3.11. The Morgan fingerprint density at radius 3 is 2.89 bits per heavy atom. The molecule has 19 heavy (non-hydrogen) atoms. The Morgan fingerprint density at radius 1 is 1.63 bits per heavy atom. The van der Waals surface area contributed by atoms with Gasteiger partial charge >= 0.3 is 124 Å². The van der Waals surface area contributed by atoms with Gasteiger partial charge < -0.3 is 0 Å². The summed E-state index contributed by atoms with van der Waals surface area (Å²) in [5.74, 6) is -0.752. The van der Waals surface area contributed by atoms with Crippen LogP contribution < -0.4 is 0 Å². The van der Waals surface area contributed by atoms with Crippen LogP contribution in [0.2, 0.25) is 0 Å². The second-order valence-electron chi connectivity index (χ2n) is 4.57. The van der Waals surface area contributed by atoms with E-state index in [1.165, 1.54) is 19.4 Å². The van der Waals surface area contributed by atoms with Crippen molar-refractivity contribution in [2.75, 3.05) is 6.61 Å². The minimum atomic E-state index is -1.11. The molecule has 0 aromatic heterocycles. The number of allylic oxidation sites excluding steroid dienone is 2. The molecular formula is C14H20O4W. The summed E-state index contributed by atoms with van der Waals surface area (Å²) in [4.78, 5) is 11.7. The van der Waals surface area contributed by atoms with Gasteiger partial charge in [-0.1, -0.05) is 0 Å². The molecule has 0 aromatic rings. The molecule has 4 nitrogen and oxygen atoms in total. The molecule has 0 radical (unpaired) electrons. The van der Waals surface area contributed by atoms with Crippen LogP contribution in [0.5, 0.6) is 0 Å². The summed E-state index contributed by atoms with van der Waals surface area (Å²) in [6, 6.07) is 0. The fraction of sp³-hybridized carbons (Fsp3) is 0.571. The Balaban J connectivity index is 2.90. The van der Waals surface area contributed by atoms with Gasteiger partial charge in [0.15, 0.2) is 0 Å². The monoisotopic (exact) mass is 436 g/mol. The fourth-order valence-electron chi connectivity index (χ4n) is 2.21. The van der Waals surface area contributed by atoms with Crippen molar-refractivity contribution < 1.29 is 39.1 Å². The number of esters is 1. The molecule has 0 bridgehead atoms. The van der Waals surface area contributed by atoms with E-state index in [1.54, 1.807) is 13.0 Å². The zero-order valence-corrected chi connectivity index (χ0v) is 14.0. The summed E-state index contributed by atoms with van der Waals surface area (Å²) in [7, 11) is 0. The van der Waals surface area contributed by atoms with Crippen LogP contribution in [-0.2, 0) is 28.9 Å². The molecule has 1 rings (SSSR count). The van der Waals surface area contributed by atoms with Gasteiger partial charge in [-0.25, -0.2) is 0 Å². The molecule has 2 atom stereocenters. The Morgan fingerprint density at radius 2 is 2.32 bits per heavy atom. The van der Waals surface area contributed by atoms with E-state index in [0.717, 1.165) is 35.2 Å². The summed E-state index contributed by atoms with van der Waals surface area (Å²) in [5, 5.41) is 19.4. The molecule has 2 unspecified atom stereocenters. The molecule has 1 aliphatic rings. The zero-order chi connectivity index (χ0) is 14.4. The molecule has 106 valence electrons. The standard InChI is InChI=1S/C14H20O4.W/c1-3-18-14(17)13(16)12-7-5-4-6-11(9-12)8-10(2)15;/h8,12-13,15-16H,2-7H2,1H3;/b11-8-;. The van der Waals surface area contributed by atoms with Crippen LogP contribution in [-0.4, -0.2) is 32.8 Å². The summed E-state index contributed by atoms with van der Waals surface area (Å²) in [6.45, 7) is 5.46. The van der Waals surface area contributed by atoms with E-state index in [2.05, 4.69) is 6.58 Å². The van der Waals surface area contributed by atoms with Crippen molar-refractivity contribution in [2.45, 2.75) is 38.7 Å². The third-order valence-corrected chi connectivity index (χ3v) is 5.14. The summed E-state index contributed by atoms with van der Waals surface area (Å²) < 4.78 is 5.90. The van der Waals surface area contributed by atoms with Crippen molar-refractivity contribution in [3.05, 3.63) is 24.0 Å². The van der Waals surface area contributed by atoms with Crippen LogP contribution in [0.3, 0.4) is 0 Å². The number of aliphatic hydroxyl groups excluding tert-OH is 2. The molecule has 0 aromatic carbocycles. The van der Waals surface area contributed by atoms with Crippen molar-refractivity contribution in [1.29, 1.82) is 0 Å². The Kier molecular flexibility index (Phi) is 6.67. The molecule has 1 saturated carbocycles. The number of rotatable bonds is 4. The minimum absolute atomic E-state index is 0.0139. The fourth-order valence-corrected chi connectivity index (χ4v) is 3.67. The van der Waals surface area contributed by atoms with E-state index >= 15 is 0 Å². The molecular weight excluding hydrogens is 416 g/mol. The van der Waals surface area contributed by atoms with Gasteiger partial charge in [0, 0.05) is 0 Å². The maximum absolute atomic E-state index is 11.7. The van der Waals surface area contributed by atoms with E-state index in [1.807, 2.05) is 0 Å². The average molecular weight is 436 g/mol. The first-order chi connectivity index (χ1) is 8.97. The van der Waals surface area contributed by atoms with Crippen LogP contribution in [0.25, 0.3) is 0 Å². The van der Waals surface area contributed by atoms with Gasteiger partial charge in [-0.3, -0.25) is 0 Å². The quantitative estimate of drug-likeness (QED) is 0.401. The summed E-state index contributed by atoms with van der Waals surface area (Å²) in [5.41, 5.74) is 0.994. The molecule has 0 aliphatic heterocycles. The first-order valence-corrected chi connectivity index (χ1v) is 7.91. The summed E-state index contributed by atoms with van der Waals surface area (Å²) >= 11 is 1.21. The molecule has 0 spiro atoms. The number of aliphatic hydroxyl groups is 2. The van der Waals surface area contributed by atoms with E-state index < -0.39 is 12.1 Å². The van der Waals surface area contributed by atoms with Gasteiger partial charge in [0.1, 0.15) is 0 Å². The molecule has 5 heteroatoms. The number of carbonyl (C=O) groups is 1. The van der Waals surface area contributed by atoms with Crippen molar-refractivity contribution in [2.24, 2.45) is 5.92 Å². The van der Waals surface area contributed by atoms with E-state index in [9.17, 15) is 15.0 Å². The van der Waals surface area contributed by atoms with Crippen molar-refractivity contribution in [3.63, 3.8) is 0 Å². The predicted octanol–water partition coefficient (Wildman–Crippen LogP) is 1.82. The number of hydrogen-bond donors (Lipinski definition) is 2. The Hall–Kier alpha value is -0.732. The van der Waals surface area contributed by atoms with Crippen molar-refractivity contribution in [3.8, 4) is 0 Å². The maximum atomic E-state index is 11.7. The second-order valence-corrected chi connectivity index (χ2v) is 6.15. The predicted molar refractivity (Wildman–Crippen MR) is 69.5 cm³/mol. The average Bonchev–Trinajstić information content (AvgIpc) is 2.51. The number of hydrogen-bond acceptors (Lipinski definition) is 4. The molecule has 0 heterocycles. The first-order valence-electron chi connectivity index (χ1n) is 6.44. The molecule has 0 saturated heterocycles. The van der Waals surface area contributed by atoms with E-state index in [-0.39, 0.29) is 18.3 Å². The van der Waals surface area contributed by atoms with Gasteiger partial charge in [0.2, 0.25) is 0 Å². The van der Waals surface area contributed by atoms with Crippen LogP contribution in [0.1, 0.15) is 32.6 Å². The SMILES string of the molecule is C=C(O)/C=C1/CCCCC(C(O)C(=O)OCC)[C]1=[W]. The van der Waals surface area contributed by atoms with Gasteiger partial charge in [0.25, 0.3) is 0 Å². The Labute approximate surface area is 124 Å². The van der Waals surface area contributed by atoms with Crippen LogP contribution in [0.4, 0.5) is 0 Å². The number of carbonyl (C=O) groups excluding carboxylic acids is 1. The summed E-state index contributed by atoms with van der Waals surface area (Å²) in [6.07, 6.45) is 4.09. The van der Waals surface area contributed by atoms with Gasteiger partial charge in [-0.2, -0.15) is 0 Å². The molecule has 1 aliphatic carbocycles. The van der Waals surface area contributed by atoms with Crippen LogP contribution in [0, 0.1) is 5.92 Å².